The molecule has 4 heteroatoms. The van der Waals surface area contributed by atoms with Crippen LogP contribution >= 0.6 is 11.3 Å². The summed E-state index contributed by atoms with van der Waals surface area (Å²) in [5.41, 5.74) is 12.6. The van der Waals surface area contributed by atoms with E-state index in [0.717, 1.165) is 43.5 Å². The van der Waals surface area contributed by atoms with E-state index < -0.39 is 0 Å². The molecule has 2 aromatic heterocycles. The van der Waals surface area contributed by atoms with E-state index in [1.54, 1.807) is 18.4 Å². The number of aromatic nitrogens is 2. The molecule has 42 heavy (non-hydrogen) atoms. The van der Waals surface area contributed by atoms with Gasteiger partial charge in [-0.2, -0.15) is 0 Å². The molecule has 3 rings (SSSR count). The van der Waals surface area contributed by atoms with Crippen molar-refractivity contribution < 1.29 is 4.74 Å². The van der Waals surface area contributed by atoms with Crippen LogP contribution in [0.25, 0.3) is 22.4 Å². The second-order valence-corrected chi connectivity index (χ2v) is 14.0. The van der Waals surface area contributed by atoms with Gasteiger partial charge in [0.2, 0.25) is 0 Å². The lowest BCUT2D eigenvalue weighted by Crippen LogP contribution is -2.15. The molecule has 2 heterocycles. The van der Waals surface area contributed by atoms with Gasteiger partial charge in [-0.1, -0.05) is 79.2 Å². The molecule has 0 aliphatic carbocycles. The molecule has 228 valence electrons. The van der Waals surface area contributed by atoms with Gasteiger partial charge in [-0.25, -0.2) is 4.98 Å². The van der Waals surface area contributed by atoms with Crippen LogP contribution in [-0.4, -0.2) is 17.1 Å². The van der Waals surface area contributed by atoms with Gasteiger partial charge in [0, 0.05) is 36.2 Å². The van der Waals surface area contributed by atoms with Gasteiger partial charge in [0.15, 0.2) is 0 Å². The highest BCUT2D eigenvalue weighted by Gasteiger charge is 2.28. The topological polar surface area (TPSA) is 35.0 Å². The van der Waals surface area contributed by atoms with E-state index in [-0.39, 0.29) is 11.5 Å². The SMILES string of the molecule is C=C(C)C(C)Cc1nc(-c2ccc(C)c(/C(CC(C)(C)CC)=C(/c3cc(CC)cnc3C(C)OC)C(C)CC)c2)cs1. The second kappa shape index (κ2) is 14.8. The van der Waals surface area contributed by atoms with E-state index in [9.17, 15) is 0 Å². The number of thiazole rings is 1. The summed E-state index contributed by atoms with van der Waals surface area (Å²) in [5, 5.41) is 3.39. The smallest absolute Gasteiger partial charge is 0.0968 e. The lowest BCUT2D eigenvalue weighted by molar-refractivity contribution is 0.115. The predicted octanol–water partition coefficient (Wildman–Crippen LogP) is 11.3. The minimum Gasteiger partial charge on any atom is -0.375 e. The van der Waals surface area contributed by atoms with Gasteiger partial charge in [-0.05, 0) is 97.3 Å². The zero-order chi connectivity index (χ0) is 31.2. The third-order valence-corrected chi connectivity index (χ3v) is 10.1. The molecule has 3 atom stereocenters. The third kappa shape index (κ3) is 8.08. The number of pyridine rings is 1. The van der Waals surface area contributed by atoms with E-state index in [4.69, 9.17) is 14.7 Å². The molecule has 3 nitrogen and oxygen atoms in total. The highest BCUT2D eigenvalue weighted by Crippen LogP contribution is 2.45. The van der Waals surface area contributed by atoms with Crippen LogP contribution < -0.4 is 0 Å². The van der Waals surface area contributed by atoms with Crippen LogP contribution in [0.3, 0.4) is 0 Å². The van der Waals surface area contributed by atoms with Crippen molar-refractivity contribution in [3.63, 3.8) is 0 Å². The highest BCUT2D eigenvalue weighted by molar-refractivity contribution is 7.09. The Hall–Kier alpha value is -2.56. The maximum atomic E-state index is 5.87. The van der Waals surface area contributed by atoms with Crippen molar-refractivity contribution in [2.24, 2.45) is 17.3 Å². The Bertz CT molecular complexity index is 1400. The first-order valence-corrected chi connectivity index (χ1v) is 16.7. The van der Waals surface area contributed by atoms with E-state index in [2.05, 4.69) is 105 Å². The lowest BCUT2D eigenvalue weighted by atomic mass is 9.74. The molecule has 0 radical (unpaired) electrons. The summed E-state index contributed by atoms with van der Waals surface area (Å²) in [4.78, 5) is 10.1. The summed E-state index contributed by atoms with van der Waals surface area (Å²) < 4.78 is 5.87. The Morgan fingerprint density at radius 2 is 1.76 bits per heavy atom. The summed E-state index contributed by atoms with van der Waals surface area (Å²) in [6, 6.07) is 9.30. The number of aryl methyl sites for hydroxylation is 2. The van der Waals surface area contributed by atoms with Crippen molar-refractivity contribution in [2.45, 2.75) is 107 Å². The van der Waals surface area contributed by atoms with Crippen molar-refractivity contribution in [2.75, 3.05) is 7.11 Å². The Balaban J connectivity index is 2.34. The number of allylic oxidation sites excluding steroid dienone is 3. The van der Waals surface area contributed by atoms with Crippen LogP contribution in [0.1, 0.15) is 121 Å². The van der Waals surface area contributed by atoms with Crippen molar-refractivity contribution in [3.8, 4) is 11.3 Å². The molecule has 0 saturated heterocycles. The van der Waals surface area contributed by atoms with Gasteiger partial charge in [0.1, 0.15) is 0 Å². The summed E-state index contributed by atoms with van der Waals surface area (Å²) in [5.74, 6) is 0.791. The van der Waals surface area contributed by atoms with Gasteiger partial charge in [-0.15, -0.1) is 11.3 Å². The number of rotatable bonds is 14. The van der Waals surface area contributed by atoms with E-state index >= 15 is 0 Å². The zero-order valence-corrected chi connectivity index (χ0v) is 29.0. The molecule has 0 bridgehead atoms. The molecule has 3 aromatic rings. The molecule has 3 unspecified atom stereocenters. The average Bonchev–Trinajstić information content (AvgIpc) is 3.44. The van der Waals surface area contributed by atoms with Crippen molar-refractivity contribution in [1.29, 1.82) is 0 Å². The Kier molecular flexibility index (Phi) is 11.9. The van der Waals surface area contributed by atoms with Crippen LogP contribution in [0.15, 0.2) is 48.0 Å². The van der Waals surface area contributed by atoms with Crippen LogP contribution in [0.2, 0.25) is 0 Å². The number of ether oxygens (including phenoxy) is 1. The van der Waals surface area contributed by atoms with Crippen molar-refractivity contribution >= 4 is 22.5 Å². The fourth-order valence-electron chi connectivity index (χ4n) is 5.31. The molecule has 0 amide bonds. The van der Waals surface area contributed by atoms with Crippen molar-refractivity contribution in [1.82, 2.24) is 9.97 Å². The predicted molar refractivity (Wildman–Crippen MR) is 184 cm³/mol. The molecular formula is C38H54N2OS. The van der Waals surface area contributed by atoms with Gasteiger partial charge < -0.3 is 4.74 Å². The van der Waals surface area contributed by atoms with Crippen LogP contribution in [0, 0.1) is 24.2 Å². The minimum atomic E-state index is -0.0900. The van der Waals surface area contributed by atoms with Crippen LogP contribution in [0.5, 0.6) is 0 Å². The summed E-state index contributed by atoms with van der Waals surface area (Å²) in [6.45, 7) is 26.9. The highest BCUT2D eigenvalue weighted by atomic mass is 32.1. The largest absolute Gasteiger partial charge is 0.375 e. The number of hydrogen-bond donors (Lipinski definition) is 0. The molecular weight excluding hydrogens is 532 g/mol. The fraction of sp³-hybridized carbons (Fsp3) is 0.526. The van der Waals surface area contributed by atoms with Crippen LogP contribution in [0.4, 0.5) is 0 Å². The number of nitrogens with zero attached hydrogens (tertiary/aromatic N) is 2. The summed E-state index contributed by atoms with van der Waals surface area (Å²) in [6.07, 6.45) is 6.98. The maximum absolute atomic E-state index is 5.87. The second-order valence-electron chi connectivity index (χ2n) is 13.0. The van der Waals surface area contributed by atoms with Crippen molar-refractivity contribution in [3.05, 3.63) is 80.9 Å². The molecule has 0 aliphatic rings. The normalized spacial score (nSPS) is 14.8. The minimum absolute atomic E-state index is 0.0900. The first-order chi connectivity index (χ1) is 19.8. The van der Waals surface area contributed by atoms with Gasteiger partial charge in [0.05, 0.1) is 22.5 Å². The quantitative estimate of drug-likeness (QED) is 0.176. The van der Waals surface area contributed by atoms with Gasteiger partial charge in [0.25, 0.3) is 0 Å². The summed E-state index contributed by atoms with van der Waals surface area (Å²) in [7, 11) is 1.78. The Morgan fingerprint density at radius 3 is 2.36 bits per heavy atom. The first kappa shape index (κ1) is 33.9. The molecule has 0 aliphatic heterocycles. The van der Waals surface area contributed by atoms with E-state index in [0.29, 0.717) is 11.8 Å². The fourth-order valence-corrected chi connectivity index (χ4v) is 6.25. The Morgan fingerprint density at radius 1 is 1.05 bits per heavy atom. The first-order valence-electron chi connectivity index (χ1n) is 15.8. The molecule has 0 fully saturated rings. The van der Waals surface area contributed by atoms with E-state index in [1.807, 2.05) is 6.20 Å². The standard InChI is InChI=1S/C38H54N2OS/c1-13-25(6)36(32-19-29(14-2)22-39-37(32)28(9)41-12)33(21-38(10,11)15-3)31-20-30(17-16-26(31)7)34-23-42-35(40-34)18-27(8)24(4)5/h16-17,19-20,22-23,25,27-28H,4,13-15,18,21H2,1-3,5-12H3/b36-33+. The zero-order valence-electron chi connectivity index (χ0n) is 28.1. The number of methoxy groups -OCH3 is 1. The third-order valence-electron chi connectivity index (χ3n) is 9.19. The van der Waals surface area contributed by atoms with Gasteiger partial charge in [-0.3, -0.25) is 4.98 Å². The molecule has 0 N–H and O–H groups in total. The monoisotopic (exact) mass is 586 g/mol. The van der Waals surface area contributed by atoms with Gasteiger partial charge >= 0.3 is 0 Å². The lowest BCUT2D eigenvalue weighted by Gasteiger charge is -2.31. The molecule has 0 saturated carbocycles. The number of benzene rings is 1. The number of hydrogen-bond acceptors (Lipinski definition) is 4. The summed E-state index contributed by atoms with van der Waals surface area (Å²) >= 11 is 1.76. The molecule has 0 spiro atoms. The average molecular weight is 587 g/mol. The maximum Gasteiger partial charge on any atom is 0.0968 e. The van der Waals surface area contributed by atoms with Crippen LogP contribution in [-0.2, 0) is 17.6 Å². The Labute approximate surface area is 260 Å². The van der Waals surface area contributed by atoms with E-state index in [1.165, 1.54) is 49.5 Å². The molecule has 1 aromatic carbocycles.